The van der Waals surface area contributed by atoms with E-state index >= 15 is 0 Å². The van der Waals surface area contributed by atoms with Crippen molar-refractivity contribution in [1.82, 2.24) is 4.90 Å². The number of likely N-dealkylation sites (tertiary alicyclic amines) is 1. The van der Waals surface area contributed by atoms with E-state index < -0.39 is 5.97 Å². The fourth-order valence-corrected chi connectivity index (χ4v) is 3.65. The van der Waals surface area contributed by atoms with E-state index in [9.17, 15) is 4.79 Å². The van der Waals surface area contributed by atoms with Crippen LogP contribution in [-0.4, -0.2) is 29.1 Å². The molecule has 1 aliphatic heterocycles. The third-order valence-electron chi connectivity index (χ3n) is 5.38. The van der Waals surface area contributed by atoms with Gasteiger partial charge < -0.3 is 10.4 Å². The van der Waals surface area contributed by atoms with Gasteiger partial charge in [-0.25, -0.2) is 0 Å². The highest BCUT2D eigenvalue weighted by Gasteiger charge is 2.32. The number of carbonyl (C=O) groups is 1. The standard InChI is InChI=1S/C22H27ClN2O2/c1-4-21(16-6-8-20(23)15(3)9-16)24-19-7-5-14(2)17(10-19)11-25-12-18(13-25)22(26)27/h5-10,18,21,24H,4,11-13H2,1-3H3,(H,26,27). The van der Waals surface area contributed by atoms with Crippen molar-refractivity contribution in [2.45, 2.75) is 39.8 Å². The summed E-state index contributed by atoms with van der Waals surface area (Å²) in [5.74, 6) is -0.910. The van der Waals surface area contributed by atoms with Crippen molar-refractivity contribution in [2.75, 3.05) is 18.4 Å². The molecule has 4 nitrogen and oxygen atoms in total. The average Bonchev–Trinajstić information content (AvgIpc) is 2.60. The molecule has 1 aliphatic rings. The summed E-state index contributed by atoms with van der Waals surface area (Å²) in [6, 6.07) is 12.8. The molecule has 1 fully saturated rings. The number of hydrogen-bond acceptors (Lipinski definition) is 3. The van der Waals surface area contributed by atoms with Crippen molar-refractivity contribution >= 4 is 23.3 Å². The van der Waals surface area contributed by atoms with E-state index in [-0.39, 0.29) is 12.0 Å². The molecule has 2 aromatic carbocycles. The lowest BCUT2D eigenvalue weighted by molar-refractivity contribution is -0.147. The van der Waals surface area contributed by atoms with Gasteiger partial charge in [0.25, 0.3) is 0 Å². The summed E-state index contributed by atoms with van der Waals surface area (Å²) in [6.45, 7) is 8.36. The first kappa shape index (κ1) is 19.7. The van der Waals surface area contributed by atoms with Crippen LogP contribution in [0.15, 0.2) is 36.4 Å². The van der Waals surface area contributed by atoms with E-state index in [1.54, 1.807) is 0 Å². The summed E-state index contributed by atoms with van der Waals surface area (Å²) in [4.78, 5) is 13.2. The second kappa shape index (κ2) is 8.32. The Balaban J connectivity index is 1.71. The van der Waals surface area contributed by atoms with Gasteiger partial charge in [0.15, 0.2) is 0 Å². The van der Waals surface area contributed by atoms with Gasteiger partial charge in [-0.1, -0.05) is 36.7 Å². The van der Waals surface area contributed by atoms with Crippen molar-refractivity contribution in [1.29, 1.82) is 0 Å². The Morgan fingerprint density at radius 3 is 2.59 bits per heavy atom. The minimum absolute atomic E-state index is 0.218. The normalized spacial score (nSPS) is 16.0. The number of carboxylic acids is 1. The molecule has 0 aromatic heterocycles. The first-order valence-corrected chi connectivity index (χ1v) is 9.82. The highest BCUT2D eigenvalue weighted by atomic mass is 35.5. The second-order valence-corrected chi connectivity index (χ2v) is 7.89. The van der Waals surface area contributed by atoms with Crippen LogP contribution in [0.3, 0.4) is 0 Å². The Bertz CT molecular complexity index is 831. The van der Waals surface area contributed by atoms with Crippen LogP contribution >= 0.6 is 11.6 Å². The number of nitrogens with one attached hydrogen (secondary N) is 1. The minimum Gasteiger partial charge on any atom is -0.481 e. The highest BCUT2D eigenvalue weighted by Crippen LogP contribution is 2.28. The number of anilines is 1. The summed E-state index contributed by atoms with van der Waals surface area (Å²) in [5, 5.41) is 13.5. The van der Waals surface area contributed by atoms with Crippen LogP contribution in [0.1, 0.15) is 41.6 Å². The predicted octanol–water partition coefficient (Wildman–Crippen LogP) is 5.04. The lowest BCUT2D eigenvalue weighted by Gasteiger charge is -2.37. The summed E-state index contributed by atoms with van der Waals surface area (Å²) in [6.07, 6.45) is 0.969. The zero-order valence-corrected chi connectivity index (χ0v) is 16.9. The first-order chi connectivity index (χ1) is 12.9. The van der Waals surface area contributed by atoms with E-state index in [0.29, 0.717) is 13.1 Å². The van der Waals surface area contributed by atoms with Gasteiger partial charge in [0.1, 0.15) is 0 Å². The molecule has 0 spiro atoms. The summed E-state index contributed by atoms with van der Waals surface area (Å²) in [7, 11) is 0. The van der Waals surface area contributed by atoms with Crippen LogP contribution in [0.5, 0.6) is 0 Å². The van der Waals surface area contributed by atoms with E-state index in [4.69, 9.17) is 16.7 Å². The molecule has 1 heterocycles. The monoisotopic (exact) mass is 386 g/mol. The number of halogens is 1. The summed E-state index contributed by atoms with van der Waals surface area (Å²) in [5.41, 5.74) is 5.88. The Labute approximate surface area is 166 Å². The lowest BCUT2D eigenvalue weighted by Crippen LogP contribution is -2.49. The molecule has 1 saturated heterocycles. The van der Waals surface area contributed by atoms with Crippen molar-refractivity contribution in [3.63, 3.8) is 0 Å². The van der Waals surface area contributed by atoms with Crippen LogP contribution in [0.2, 0.25) is 5.02 Å². The maximum atomic E-state index is 11.0. The molecule has 0 saturated carbocycles. The van der Waals surface area contributed by atoms with E-state index in [0.717, 1.165) is 29.2 Å². The molecule has 0 bridgehead atoms. The predicted molar refractivity (Wildman–Crippen MR) is 110 cm³/mol. The molecule has 1 unspecified atom stereocenters. The van der Waals surface area contributed by atoms with Crippen LogP contribution in [0, 0.1) is 19.8 Å². The summed E-state index contributed by atoms with van der Waals surface area (Å²) >= 11 is 6.16. The number of aryl methyl sites for hydroxylation is 2. The Hall–Kier alpha value is -2.04. The third kappa shape index (κ3) is 4.63. The van der Waals surface area contributed by atoms with Crippen LogP contribution in [0.4, 0.5) is 5.69 Å². The number of aliphatic carboxylic acids is 1. The molecule has 3 rings (SSSR count). The molecule has 0 radical (unpaired) electrons. The van der Waals surface area contributed by atoms with E-state index in [1.165, 1.54) is 16.7 Å². The Morgan fingerprint density at radius 2 is 1.96 bits per heavy atom. The van der Waals surface area contributed by atoms with Gasteiger partial charge in [-0.3, -0.25) is 9.69 Å². The first-order valence-electron chi connectivity index (χ1n) is 9.44. The highest BCUT2D eigenvalue weighted by molar-refractivity contribution is 6.31. The molecule has 1 atom stereocenters. The molecule has 0 amide bonds. The van der Waals surface area contributed by atoms with Crippen molar-refractivity contribution in [3.8, 4) is 0 Å². The van der Waals surface area contributed by atoms with Gasteiger partial charge in [-0.05, 0) is 60.7 Å². The number of rotatable bonds is 7. The van der Waals surface area contributed by atoms with Gasteiger partial charge in [0.05, 0.1) is 12.0 Å². The molecule has 2 aromatic rings. The third-order valence-corrected chi connectivity index (χ3v) is 5.81. The second-order valence-electron chi connectivity index (χ2n) is 7.48. The smallest absolute Gasteiger partial charge is 0.309 e. The molecular weight excluding hydrogens is 360 g/mol. The Kier molecular flexibility index (Phi) is 6.08. The molecule has 5 heteroatoms. The molecule has 2 N–H and O–H groups in total. The number of carboxylic acid groups (broad SMARTS) is 1. The molecule has 27 heavy (non-hydrogen) atoms. The fraction of sp³-hybridized carbons (Fsp3) is 0.409. The van der Waals surface area contributed by atoms with Gasteiger partial charge in [0, 0.05) is 30.3 Å². The van der Waals surface area contributed by atoms with E-state index in [2.05, 4.69) is 54.4 Å². The van der Waals surface area contributed by atoms with Crippen LogP contribution < -0.4 is 5.32 Å². The van der Waals surface area contributed by atoms with Gasteiger partial charge in [-0.15, -0.1) is 0 Å². The zero-order chi connectivity index (χ0) is 19.6. The van der Waals surface area contributed by atoms with Crippen LogP contribution in [-0.2, 0) is 11.3 Å². The average molecular weight is 387 g/mol. The Morgan fingerprint density at radius 1 is 1.22 bits per heavy atom. The zero-order valence-electron chi connectivity index (χ0n) is 16.1. The van der Waals surface area contributed by atoms with Crippen molar-refractivity contribution < 1.29 is 9.90 Å². The number of hydrogen-bond donors (Lipinski definition) is 2. The topological polar surface area (TPSA) is 52.6 Å². The van der Waals surface area contributed by atoms with Crippen LogP contribution in [0.25, 0.3) is 0 Å². The van der Waals surface area contributed by atoms with Crippen molar-refractivity contribution in [3.05, 3.63) is 63.7 Å². The SMILES string of the molecule is CCC(Nc1ccc(C)c(CN2CC(C(=O)O)C2)c1)c1ccc(Cl)c(C)c1. The van der Waals surface area contributed by atoms with Gasteiger partial charge >= 0.3 is 5.97 Å². The maximum absolute atomic E-state index is 11.0. The van der Waals surface area contributed by atoms with Gasteiger partial charge in [0.2, 0.25) is 0 Å². The number of benzene rings is 2. The quantitative estimate of drug-likeness (QED) is 0.700. The summed E-state index contributed by atoms with van der Waals surface area (Å²) < 4.78 is 0. The van der Waals surface area contributed by atoms with Gasteiger partial charge in [-0.2, -0.15) is 0 Å². The molecular formula is C22H27ClN2O2. The molecule has 0 aliphatic carbocycles. The largest absolute Gasteiger partial charge is 0.481 e. The minimum atomic E-state index is -0.692. The van der Waals surface area contributed by atoms with E-state index in [1.807, 2.05) is 13.0 Å². The fourth-order valence-electron chi connectivity index (χ4n) is 3.53. The molecule has 144 valence electrons. The maximum Gasteiger partial charge on any atom is 0.309 e. The van der Waals surface area contributed by atoms with Crippen molar-refractivity contribution in [2.24, 2.45) is 5.92 Å². The lowest BCUT2D eigenvalue weighted by atomic mass is 9.98. The number of nitrogens with zero attached hydrogens (tertiary/aromatic N) is 1.